The Labute approximate surface area is 121 Å². The third-order valence-electron chi connectivity index (χ3n) is 3.10. The quantitative estimate of drug-likeness (QED) is 0.677. The van der Waals surface area contributed by atoms with Crippen LogP contribution in [-0.2, 0) is 11.5 Å². The van der Waals surface area contributed by atoms with E-state index in [1.165, 1.54) is 0 Å². The van der Waals surface area contributed by atoms with Crippen LogP contribution in [0.15, 0.2) is 12.1 Å². The molecule has 2 heterocycles. The predicted molar refractivity (Wildman–Crippen MR) is 73.4 cm³/mol. The van der Waals surface area contributed by atoms with E-state index in [2.05, 4.69) is 9.97 Å². The van der Waals surface area contributed by atoms with Crippen LogP contribution in [-0.4, -0.2) is 14.9 Å². The minimum absolute atomic E-state index is 0.144. The first kappa shape index (κ1) is 13.7. The number of nitrogens with two attached hydrogens (primary N) is 1. The van der Waals surface area contributed by atoms with E-state index in [4.69, 9.17) is 5.73 Å². The van der Waals surface area contributed by atoms with Crippen molar-refractivity contribution in [1.82, 2.24) is 9.97 Å². The molecule has 1 aliphatic heterocycles. The van der Waals surface area contributed by atoms with Crippen LogP contribution >= 0.6 is 11.8 Å². The lowest BCUT2D eigenvalue weighted by Gasteiger charge is -2.08. The van der Waals surface area contributed by atoms with E-state index in [0.29, 0.717) is 17.2 Å². The van der Waals surface area contributed by atoms with Gasteiger partial charge < -0.3 is 5.73 Å². The van der Waals surface area contributed by atoms with Crippen molar-refractivity contribution < 1.29 is 13.7 Å². The maximum Gasteiger partial charge on any atom is 0.305 e. The number of nitrogen functional groups attached to an aromatic ring is 1. The molecule has 0 bridgehead atoms. The third-order valence-corrected chi connectivity index (χ3v) is 4.07. The molecule has 0 spiro atoms. The monoisotopic (exact) mass is 310 g/mol. The van der Waals surface area contributed by atoms with Gasteiger partial charge >= 0.3 is 5.69 Å². The van der Waals surface area contributed by atoms with Gasteiger partial charge in [0.2, 0.25) is 5.82 Å². The lowest BCUT2D eigenvalue weighted by Crippen LogP contribution is -2.06. The molecule has 0 aliphatic carbocycles. The van der Waals surface area contributed by atoms with Gasteiger partial charge in [-0.25, -0.2) is 14.4 Å². The van der Waals surface area contributed by atoms with Crippen molar-refractivity contribution in [2.75, 3.05) is 5.73 Å². The number of nitro groups is 1. The van der Waals surface area contributed by atoms with E-state index >= 15 is 0 Å². The third kappa shape index (κ3) is 2.19. The van der Waals surface area contributed by atoms with Gasteiger partial charge in [0.15, 0.2) is 5.82 Å². The Bertz CT molecular complexity index is 769. The molecule has 6 nitrogen and oxygen atoms in total. The summed E-state index contributed by atoms with van der Waals surface area (Å²) in [7, 11) is 0. The standard InChI is InChI=1S/C12H8F2N4O2S/c13-6-1-2-8(18(19)20)10(14)9(6)12-16-7-4-21-3-5(7)11(15)17-12/h1-2H,3-4H2,(H2,15,16,17). The van der Waals surface area contributed by atoms with Crippen molar-refractivity contribution in [3.05, 3.63) is 45.1 Å². The fourth-order valence-corrected chi connectivity index (χ4v) is 3.13. The topological polar surface area (TPSA) is 94.9 Å². The zero-order chi connectivity index (χ0) is 15.1. The largest absolute Gasteiger partial charge is 0.383 e. The van der Waals surface area contributed by atoms with Gasteiger partial charge in [-0.1, -0.05) is 0 Å². The van der Waals surface area contributed by atoms with Crippen LogP contribution in [0.1, 0.15) is 11.3 Å². The summed E-state index contributed by atoms with van der Waals surface area (Å²) in [5.74, 6) is -1.19. The van der Waals surface area contributed by atoms with Gasteiger partial charge in [0.05, 0.1) is 16.2 Å². The van der Waals surface area contributed by atoms with Crippen LogP contribution in [0.5, 0.6) is 0 Å². The van der Waals surface area contributed by atoms with Crippen molar-refractivity contribution in [2.24, 2.45) is 0 Å². The summed E-state index contributed by atoms with van der Waals surface area (Å²) in [4.78, 5) is 17.8. The summed E-state index contributed by atoms with van der Waals surface area (Å²) in [6.07, 6.45) is 0. The zero-order valence-corrected chi connectivity index (χ0v) is 11.3. The van der Waals surface area contributed by atoms with Gasteiger partial charge in [0.1, 0.15) is 11.6 Å². The molecule has 21 heavy (non-hydrogen) atoms. The van der Waals surface area contributed by atoms with E-state index in [9.17, 15) is 18.9 Å². The molecule has 0 unspecified atom stereocenters. The molecular formula is C12H8F2N4O2S. The Kier molecular flexibility index (Phi) is 3.20. The molecule has 108 valence electrons. The van der Waals surface area contributed by atoms with Crippen molar-refractivity contribution >= 4 is 23.3 Å². The van der Waals surface area contributed by atoms with Gasteiger partial charge in [0.25, 0.3) is 0 Å². The maximum absolute atomic E-state index is 14.1. The number of nitro benzene ring substituents is 1. The molecule has 1 aromatic carbocycles. The predicted octanol–water partition coefficient (Wildman–Crippen LogP) is 2.66. The first-order valence-corrected chi connectivity index (χ1v) is 7.00. The highest BCUT2D eigenvalue weighted by molar-refractivity contribution is 7.98. The molecule has 9 heteroatoms. The number of rotatable bonds is 2. The number of benzene rings is 1. The SMILES string of the molecule is Nc1nc(-c2c(F)ccc([N+](=O)[O-])c2F)nc2c1CSC2. The minimum atomic E-state index is -1.30. The van der Waals surface area contributed by atoms with Crippen LogP contribution in [0.3, 0.4) is 0 Å². The molecule has 0 radical (unpaired) electrons. The molecular weight excluding hydrogens is 302 g/mol. The van der Waals surface area contributed by atoms with Crippen molar-refractivity contribution in [1.29, 1.82) is 0 Å². The van der Waals surface area contributed by atoms with Crippen LogP contribution in [0.2, 0.25) is 0 Å². The zero-order valence-electron chi connectivity index (χ0n) is 10.5. The Balaban J connectivity index is 2.24. The summed E-state index contributed by atoms with van der Waals surface area (Å²) in [6, 6.07) is 1.58. The molecule has 2 N–H and O–H groups in total. The highest BCUT2D eigenvalue weighted by atomic mass is 32.2. The lowest BCUT2D eigenvalue weighted by molar-refractivity contribution is -0.387. The van der Waals surface area contributed by atoms with E-state index < -0.39 is 27.8 Å². The molecule has 0 saturated heterocycles. The fraction of sp³-hybridized carbons (Fsp3) is 0.167. The number of halogens is 2. The number of anilines is 1. The fourth-order valence-electron chi connectivity index (χ4n) is 2.08. The molecule has 1 aromatic heterocycles. The van der Waals surface area contributed by atoms with Crippen LogP contribution in [0.4, 0.5) is 20.3 Å². The number of hydrogen-bond donors (Lipinski definition) is 1. The summed E-state index contributed by atoms with van der Waals surface area (Å²) in [5.41, 5.74) is 5.66. The smallest absolute Gasteiger partial charge is 0.305 e. The molecule has 0 saturated carbocycles. The summed E-state index contributed by atoms with van der Waals surface area (Å²) in [5, 5.41) is 10.7. The Morgan fingerprint density at radius 1 is 1.29 bits per heavy atom. The Hall–Kier alpha value is -2.29. The number of nitrogens with zero attached hydrogens (tertiary/aromatic N) is 3. The minimum Gasteiger partial charge on any atom is -0.383 e. The van der Waals surface area contributed by atoms with E-state index in [0.717, 1.165) is 17.7 Å². The lowest BCUT2D eigenvalue weighted by atomic mass is 10.1. The summed E-state index contributed by atoms with van der Waals surface area (Å²) < 4.78 is 28.0. The Morgan fingerprint density at radius 2 is 2.05 bits per heavy atom. The summed E-state index contributed by atoms with van der Waals surface area (Å²) in [6.45, 7) is 0. The second-order valence-corrected chi connectivity index (χ2v) is 5.35. The second kappa shape index (κ2) is 4.92. The number of thioether (sulfide) groups is 1. The van der Waals surface area contributed by atoms with Crippen LogP contribution in [0, 0.1) is 21.7 Å². The van der Waals surface area contributed by atoms with Gasteiger partial charge in [0, 0.05) is 23.1 Å². The maximum atomic E-state index is 14.1. The van der Waals surface area contributed by atoms with Gasteiger partial charge in [-0.2, -0.15) is 16.2 Å². The molecule has 2 aromatic rings. The number of fused-ring (bicyclic) bond motifs is 1. The summed E-state index contributed by atoms with van der Waals surface area (Å²) >= 11 is 1.56. The Morgan fingerprint density at radius 3 is 2.76 bits per heavy atom. The van der Waals surface area contributed by atoms with Gasteiger partial charge in [-0.15, -0.1) is 0 Å². The van der Waals surface area contributed by atoms with E-state index in [1.54, 1.807) is 11.8 Å². The van der Waals surface area contributed by atoms with E-state index in [1.807, 2.05) is 0 Å². The highest BCUT2D eigenvalue weighted by Crippen LogP contribution is 2.35. The van der Waals surface area contributed by atoms with Crippen LogP contribution in [0.25, 0.3) is 11.4 Å². The molecule has 0 fully saturated rings. The van der Waals surface area contributed by atoms with E-state index in [-0.39, 0.29) is 11.6 Å². The van der Waals surface area contributed by atoms with Gasteiger partial charge in [-0.3, -0.25) is 10.1 Å². The van der Waals surface area contributed by atoms with Crippen molar-refractivity contribution in [3.63, 3.8) is 0 Å². The van der Waals surface area contributed by atoms with Crippen LogP contribution < -0.4 is 5.73 Å². The number of hydrogen-bond acceptors (Lipinski definition) is 6. The average Bonchev–Trinajstić information content (AvgIpc) is 2.87. The normalized spacial score (nSPS) is 13.2. The first-order chi connectivity index (χ1) is 9.99. The first-order valence-electron chi connectivity index (χ1n) is 5.84. The van der Waals surface area contributed by atoms with Gasteiger partial charge in [-0.05, 0) is 6.07 Å². The van der Waals surface area contributed by atoms with Crippen molar-refractivity contribution in [3.8, 4) is 11.4 Å². The molecule has 0 amide bonds. The van der Waals surface area contributed by atoms with Crippen molar-refractivity contribution in [2.45, 2.75) is 11.5 Å². The molecule has 0 atom stereocenters. The number of aromatic nitrogens is 2. The highest BCUT2D eigenvalue weighted by Gasteiger charge is 2.26. The molecule has 1 aliphatic rings. The second-order valence-electron chi connectivity index (χ2n) is 4.36. The molecule has 3 rings (SSSR count). The average molecular weight is 310 g/mol.